The van der Waals surface area contributed by atoms with Crippen molar-refractivity contribution in [2.75, 3.05) is 31.5 Å². The highest BCUT2D eigenvalue weighted by atomic mass is 32.1. The molecule has 2 heterocycles. The standard InChI is InChI=1S/C56H50N6O16S/c63-34-13-8-29(9-14-34)20-43(54(74)75)77-55-49(60-24-30-6-10-32(11-7-30)50(69)31-4-2-1-3-5-31)52(71)51(70)44(78-55)25-57-45(66)26-58-46(67)27-59-47(68)28-61-56(79)62-33-12-17-37(40(21-33)53(72)73)48-38-18-15-35(64)22-41(38)76-42-23-36(65)16-19-39(42)48/h1-23,44,49,51-52,55,60,63-64,70-71H,24-28H2,(H,57,66)(H,58,67)(H,59,68)(H,72,73)(H,74,75)(H2,61,62,79)/b43-20-/t44-,49-,51+,52-,55-/m1/s1. The van der Waals surface area contributed by atoms with Crippen LogP contribution in [0.4, 0.5) is 5.69 Å². The molecule has 2 aliphatic heterocycles. The van der Waals surface area contributed by atoms with Crippen LogP contribution in [0.5, 0.6) is 11.5 Å². The Morgan fingerprint density at radius 2 is 1.32 bits per heavy atom. The van der Waals surface area contributed by atoms with E-state index in [0.717, 1.165) is 6.08 Å². The molecule has 0 saturated carbocycles. The molecule has 22 nitrogen and oxygen atoms in total. The topological polar surface area (TPSA) is 345 Å². The summed E-state index contributed by atoms with van der Waals surface area (Å²) in [5, 5.41) is 78.9. The van der Waals surface area contributed by atoms with E-state index in [1.807, 2.05) is 0 Å². The minimum absolute atomic E-state index is 0.0310. The van der Waals surface area contributed by atoms with E-state index in [1.54, 1.807) is 66.7 Å². The van der Waals surface area contributed by atoms with Crippen molar-refractivity contribution in [2.24, 2.45) is 0 Å². The zero-order chi connectivity index (χ0) is 56.3. The number of benzene rings is 6. The third-order valence-electron chi connectivity index (χ3n) is 12.4. The summed E-state index contributed by atoms with van der Waals surface area (Å²) in [6.07, 6.45) is -5.15. The monoisotopic (exact) mass is 1090 g/mol. The van der Waals surface area contributed by atoms with Crippen LogP contribution in [0.15, 0.2) is 148 Å². The number of nitrogens with one attached hydrogen (secondary N) is 6. The van der Waals surface area contributed by atoms with Crippen LogP contribution in [-0.4, -0.2) is 128 Å². The molecule has 5 aromatic rings. The Morgan fingerprint density at radius 1 is 0.671 bits per heavy atom. The third-order valence-corrected chi connectivity index (χ3v) is 12.6. The molecule has 0 aromatic heterocycles. The number of hydrogen-bond donors (Lipinski definition) is 12. The number of carbonyl (C=O) groups excluding carboxylic acids is 4. The Hall–Kier alpha value is -9.52. The molecule has 0 spiro atoms. The number of rotatable bonds is 20. The Morgan fingerprint density at radius 3 is 2.00 bits per heavy atom. The molecule has 1 saturated heterocycles. The number of anilines is 1. The van der Waals surface area contributed by atoms with Gasteiger partial charge in [-0.15, -0.1) is 0 Å². The zero-order valence-electron chi connectivity index (χ0n) is 41.4. The summed E-state index contributed by atoms with van der Waals surface area (Å²) in [6.45, 7) is -2.01. The van der Waals surface area contributed by atoms with E-state index in [2.05, 4.69) is 31.9 Å². The molecular formula is C56H50N6O16S. The summed E-state index contributed by atoms with van der Waals surface area (Å²) >= 11 is 5.32. The number of hydrogen-bond acceptors (Lipinski definition) is 16. The molecule has 5 atom stereocenters. The number of phenols is 2. The van der Waals surface area contributed by atoms with Gasteiger partial charge in [-0.25, -0.2) is 9.59 Å². The molecule has 79 heavy (non-hydrogen) atoms. The summed E-state index contributed by atoms with van der Waals surface area (Å²) in [6, 6.07) is 32.4. The number of aromatic carboxylic acids is 1. The van der Waals surface area contributed by atoms with Crippen molar-refractivity contribution in [1.29, 1.82) is 0 Å². The summed E-state index contributed by atoms with van der Waals surface area (Å²) in [5.41, 5.74) is 3.01. The first kappa shape index (κ1) is 55.7. The summed E-state index contributed by atoms with van der Waals surface area (Å²) in [5.74, 6) is -5.85. The molecule has 0 radical (unpaired) electrons. The van der Waals surface area contributed by atoms with Crippen molar-refractivity contribution >= 4 is 75.5 Å². The van der Waals surface area contributed by atoms with Gasteiger partial charge in [-0.3, -0.25) is 24.0 Å². The third kappa shape index (κ3) is 14.1. The van der Waals surface area contributed by atoms with Crippen molar-refractivity contribution < 1.29 is 73.3 Å². The number of ketones is 1. The lowest BCUT2D eigenvalue weighted by atomic mass is 9.90. The van der Waals surface area contributed by atoms with Crippen LogP contribution in [0, 0.1) is 0 Å². The minimum Gasteiger partial charge on any atom is -0.508 e. The normalized spacial score (nSPS) is 17.0. The lowest BCUT2D eigenvalue weighted by molar-refractivity contribution is -0.252. The summed E-state index contributed by atoms with van der Waals surface area (Å²) < 4.78 is 17.7. The van der Waals surface area contributed by atoms with Crippen molar-refractivity contribution in [3.63, 3.8) is 0 Å². The molecule has 3 amide bonds. The van der Waals surface area contributed by atoms with Crippen LogP contribution in [0.1, 0.15) is 37.4 Å². The maximum absolute atomic E-state index is 12.9. The number of aliphatic hydroxyl groups excluding tert-OH is 2. The first-order valence-electron chi connectivity index (χ1n) is 24.2. The number of aliphatic hydroxyl groups is 2. The minimum atomic E-state index is -1.67. The average molecular weight is 1100 g/mol. The molecule has 1 aliphatic carbocycles. The fraction of sp³-hybridized carbons (Fsp3) is 0.179. The van der Waals surface area contributed by atoms with E-state index < -0.39 is 92.2 Å². The number of ether oxygens (including phenoxy) is 2. The fourth-order valence-corrected chi connectivity index (χ4v) is 8.63. The quantitative estimate of drug-likeness (QED) is 0.0171. The molecular weight excluding hydrogens is 1040 g/mol. The Balaban J connectivity index is 0.821. The van der Waals surface area contributed by atoms with Gasteiger partial charge in [0.1, 0.15) is 41.2 Å². The van der Waals surface area contributed by atoms with Gasteiger partial charge >= 0.3 is 11.9 Å². The molecule has 0 bridgehead atoms. The molecule has 5 aromatic carbocycles. The van der Waals surface area contributed by atoms with Crippen LogP contribution in [0.3, 0.4) is 0 Å². The highest BCUT2D eigenvalue weighted by Crippen LogP contribution is 2.42. The highest BCUT2D eigenvalue weighted by Gasteiger charge is 2.46. The maximum atomic E-state index is 12.9. The number of thiocarbonyl (C=S) groups is 1. The molecule has 8 rings (SSSR count). The number of carboxylic acids is 2. The van der Waals surface area contributed by atoms with Gasteiger partial charge in [0.05, 0.1) is 31.2 Å². The van der Waals surface area contributed by atoms with E-state index >= 15 is 0 Å². The zero-order valence-corrected chi connectivity index (χ0v) is 42.2. The van der Waals surface area contributed by atoms with Crippen LogP contribution in [0.2, 0.25) is 0 Å². The van der Waals surface area contributed by atoms with E-state index in [0.29, 0.717) is 38.8 Å². The van der Waals surface area contributed by atoms with Crippen molar-refractivity contribution in [2.45, 2.75) is 37.2 Å². The molecule has 0 unspecified atom stereocenters. The smallest absolute Gasteiger partial charge is 0.371 e. The van der Waals surface area contributed by atoms with Gasteiger partial charge in [-0.05, 0) is 83.5 Å². The second-order valence-corrected chi connectivity index (χ2v) is 18.3. The van der Waals surface area contributed by atoms with Crippen LogP contribution in [-0.2, 0) is 35.2 Å². The lowest BCUT2D eigenvalue weighted by Crippen LogP contribution is -2.64. The largest absolute Gasteiger partial charge is 0.508 e. The lowest BCUT2D eigenvalue weighted by Gasteiger charge is -2.43. The van der Waals surface area contributed by atoms with E-state index in [4.69, 9.17) is 26.1 Å². The fourth-order valence-electron chi connectivity index (χ4n) is 8.44. The molecule has 23 heteroatoms. The van der Waals surface area contributed by atoms with Crippen LogP contribution >= 0.6 is 12.2 Å². The van der Waals surface area contributed by atoms with E-state index in [-0.39, 0.29) is 62.5 Å². The molecule has 1 fully saturated rings. The van der Waals surface area contributed by atoms with Gasteiger partial charge in [0.25, 0.3) is 0 Å². The second-order valence-electron chi connectivity index (χ2n) is 17.9. The SMILES string of the molecule is O=C(CNC(=O)CNC(=S)Nc1ccc(-c2c3ccc(=O)cc-3oc3cc(O)ccc23)c(C(=O)O)c1)NCC(=O)NC[C@H]1O[C@@H](O/C(=C\c2ccc(O)cc2)C(=O)O)[C@H](NCc2ccc(C(=O)c3ccccc3)cc2)[C@@H](O)[C@H]1O. The van der Waals surface area contributed by atoms with Crippen LogP contribution in [0.25, 0.3) is 39.5 Å². The van der Waals surface area contributed by atoms with Gasteiger partial charge < -0.3 is 76.4 Å². The number of aromatic hydroxyl groups is 2. The summed E-state index contributed by atoms with van der Waals surface area (Å²) in [7, 11) is 0. The number of fused-ring (bicyclic) bond motifs is 2. The van der Waals surface area contributed by atoms with Crippen LogP contribution < -0.4 is 37.3 Å². The molecule has 3 aliphatic rings. The first-order chi connectivity index (χ1) is 37.9. The van der Waals surface area contributed by atoms with Crippen molar-refractivity contribution in [3.8, 4) is 33.9 Å². The Bertz CT molecular complexity index is 3500. The summed E-state index contributed by atoms with van der Waals surface area (Å²) in [4.78, 5) is 88.3. The van der Waals surface area contributed by atoms with Gasteiger partial charge in [0.15, 0.2) is 16.3 Å². The number of carbonyl (C=O) groups is 6. The molecule has 12 N–H and O–H groups in total. The molecule has 406 valence electrons. The predicted molar refractivity (Wildman–Crippen MR) is 289 cm³/mol. The van der Waals surface area contributed by atoms with E-state index in [9.17, 15) is 64.2 Å². The maximum Gasteiger partial charge on any atom is 0.371 e. The van der Waals surface area contributed by atoms with Crippen molar-refractivity contribution in [3.05, 3.63) is 177 Å². The Kier molecular flexibility index (Phi) is 17.7. The number of carboxylic acid groups (broad SMARTS) is 2. The van der Waals surface area contributed by atoms with Gasteiger partial charge in [0, 0.05) is 58.5 Å². The number of amides is 3. The second kappa shape index (κ2) is 25.1. The Labute approximate surface area is 453 Å². The number of aliphatic carboxylic acids is 1. The van der Waals surface area contributed by atoms with Gasteiger partial charge in [0.2, 0.25) is 29.8 Å². The van der Waals surface area contributed by atoms with Gasteiger partial charge in [-0.2, -0.15) is 0 Å². The van der Waals surface area contributed by atoms with Crippen molar-refractivity contribution in [1.82, 2.24) is 26.6 Å². The number of phenolic OH excluding ortho intramolecular Hbond substituents is 2. The average Bonchev–Trinajstić information content (AvgIpc) is 3.58. The predicted octanol–water partition coefficient (Wildman–Crippen LogP) is 3.29. The first-order valence-corrected chi connectivity index (χ1v) is 24.6. The highest BCUT2D eigenvalue weighted by molar-refractivity contribution is 7.80. The van der Waals surface area contributed by atoms with E-state index in [1.165, 1.54) is 66.7 Å². The van der Waals surface area contributed by atoms with Gasteiger partial charge in [-0.1, -0.05) is 72.8 Å².